The van der Waals surface area contributed by atoms with Crippen molar-refractivity contribution < 1.29 is 23.8 Å². The molecule has 2 amide bonds. The van der Waals surface area contributed by atoms with Gasteiger partial charge >= 0.3 is 0 Å². The smallest absolute Gasteiger partial charge is 0.247 e. The first kappa shape index (κ1) is 25.9. The molecule has 1 unspecified atom stereocenters. The number of aryl methyl sites for hydroxylation is 1. The number of benzene rings is 2. The Morgan fingerprint density at radius 1 is 1.17 bits per heavy atom. The van der Waals surface area contributed by atoms with Crippen molar-refractivity contribution >= 4 is 40.2 Å². The Hall–Kier alpha value is -3.17. The zero-order valence-electron chi connectivity index (χ0n) is 21.4. The van der Waals surface area contributed by atoms with Crippen LogP contribution in [-0.4, -0.2) is 55.6 Å². The Labute approximate surface area is 215 Å². The van der Waals surface area contributed by atoms with Gasteiger partial charge in [0.1, 0.15) is 17.5 Å². The summed E-state index contributed by atoms with van der Waals surface area (Å²) >= 11 is 1.45. The number of thioether (sulfide) groups is 1. The number of para-hydroxylation sites is 1. The van der Waals surface area contributed by atoms with Gasteiger partial charge < -0.3 is 24.1 Å². The minimum absolute atomic E-state index is 0.133. The largest absolute Gasteiger partial charge is 0.497 e. The maximum Gasteiger partial charge on any atom is 0.247 e. The van der Waals surface area contributed by atoms with Gasteiger partial charge in [-0.2, -0.15) is 0 Å². The van der Waals surface area contributed by atoms with Crippen LogP contribution in [0.1, 0.15) is 31.9 Å². The summed E-state index contributed by atoms with van der Waals surface area (Å²) in [6.45, 7) is 4.95. The van der Waals surface area contributed by atoms with Crippen molar-refractivity contribution in [3.63, 3.8) is 0 Å². The van der Waals surface area contributed by atoms with E-state index in [1.54, 1.807) is 37.3 Å². The molecule has 0 fully saturated rings. The van der Waals surface area contributed by atoms with E-state index in [9.17, 15) is 9.59 Å². The summed E-state index contributed by atoms with van der Waals surface area (Å²) in [6.07, 6.45) is 0.807. The lowest BCUT2D eigenvalue weighted by Gasteiger charge is -2.31. The van der Waals surface area contributed by atoms with Gasteiger partial charge in [-0.05, 0) is 38.5 Å². The van der Waals surface area contributed by atoms with Crippen LogP contribution in [0, 0.1) is 0 Å². The molecule has 9 heteroatoms. The van der Waals surface area contributed by atoms with E-state index in [1.807, 2.05) is 45.2 Å². The first-order chi connectivity index (χ1) is 17.4. The summed E-state index contributed by atoms with van der Waals surface area (Å²) in [7, 11) is 5.09. The number of carbonyl (C=O) groups is 2. The van der Waals surface area contributed by atoms with E-state index in [-0.39, 0.29) is 23.7 Å². The first-order valence-electron chi connectivity index (χ1n) is 12.0. The molecule has 3 aromatic rings. The number of hydrogen-bond acceptors (Lipinski definition) is 6. The lowest BCUT2D eigenvalue weighted by Crippen LogP contribution is -2.44. The summed E-state index contributed by atoms with van der Waals surface area (Å²) in [6, 6.07) is 12.4. The van der Waals surface area contributed by atoms with Crippen LogP contribution < -0.4 is 19.7 Å². The predicted molar refractivity (Wildman–Crippen MR) is 142 cm³/mol. The van der Waals surface area contributed by atoms with Gasteiger partial charge in [-0.15, -0.1) is 0 Å². The molecule has 2 aromatic carbocycles. The van der Waals surface area contributed by atoms with Crippen LogP contribution >= 0.6 is 11.8 Å². The number of aromatic nitrogens is 1. The highest BCUT2D eigenvalue weighted by atomic mass is 32.2. The Bertz CT molecular complexity index is 1260. The second-order valence-electron chi connectivity index (χ2n) is 8.85. The SMILES string of the molecule is COc1ccc(N2C(=O)CSc3c(c4ccccc4n3C)C2C(=O)NCCCOC(C)C)c(OC)c1. The lowest BCUT2D eigenvalue weighted by molar-refractivity contribution is -0.125. The number of carbonyl (C=O) groups excluding carboxylic acids is 2. The summed E-state index contributed by atoms with van der Waals surface area (Å²) in [5.74, 6) is 0.833. The highest BCUT2D eigenvalue weighted by Crippen LogP contribution is 2.45. The minimum Gasteiger partial charge on any atom is -0.497 e. The number of rotatable bonds is 9. The van der Waals surface area contributed by atoms with Gasteiger partial charge in [0.25, 0.3) is 0 Å². The molecule has 1 aliphatic heterocycles. The van der Waals surface area contributed by atoms with E-state index < -0.39 is 6.04 Å². The highest BCUT2D eigenvalue weighted by molar-refractivity contribution is 8.00. The second kappa shape index (κ2) is 11.3. The second-order valence-corrected chi connectivity index (χ2v) is 9.82. The molecule has 192 valence electrons. The average molecular weight is 512 g/mol. The number of amides is 2. The number of nitrogens with one attached hydrogen (secondary N) is 1. The van der Waals surface area contributed by atoms with Crippen LogP contribution in [0.4, 0.5) is 5.69 Å². The van der Waals surface area contributed by atoms with Crippen LogP contribution in [0.15, 0.2) is 47.5 Å². The van der Waals surface area contributed by atoms with Crippen molar-refractivity contribution in [1.82, 2.24) is 9.88 Å². The first-order valence-corrected chi connectivity index (χ1v) is 13.0. The zero-order chi connectivity index (χ0) is 25.8. The molecule has 0 saturated carbocycles. The van der Waals surface area contributed by atoms with E-state index in [0.29, 0.717) is 36.8 Å². The monoisotopic (exact) mass is 511 g/mol. The number of anilines is 1. The maximum atomic E-state index is 13.9. The number of fused-ring (bicyclic) bond motifs is 3. The van der Waals surface area contributed by atoms with E-state index in [0.717, 1.165) is 21.5 Å². The van der Waals surface area contributed by atoms with Crippen LogP contribution in [-0.2, 0) is 21.4 Å². The molecular weight excluding hydrogens is 478 g/mol. The fourth-order valence-electron chi connectivity index (χ4n) is 4.52. The Morgan fingerprint density at radius 3 is 2.67 bits per heavy atom. The molecule has 0 bridgehead atoms. The van der Waals surface area contributed by atoms with E-state index in [2.05, 4.69) is 9.88 Å². The van der Waals surface area contributed by atoms with Crippen molar-refractivity contribution in [2.24, 2.45) is 7.05 Å². The molecule has 0 spiro atoms. The van der Waals surface area contributed by atoms with Crippen molar-refractivity contribution in [3.8, 4) is 11.5 Å². The van der Waals surface area contributed by atoms with Crippen LogP contribution in [0.2, 0.25) is 0 Å². The van der Waals surface area contributed by atoms with E-state index in [4.69, 9.17) is 14.2 Å². The quantitative estimate of drug-likeness (QED) is 0.431. The normalized spacial score (nSPS) is 15.7. The van der Waals surface area contributed by atoms with Gasteiger partial charge in [0.2, 0.25) is 11.8 Å². The zero-order valence-corrected chi connectivity index (χ0v) is 22.2. The van der Waals surface area contributed by atoms with Crippen molar-refractivity contribution in [2.45, 2.75) is 37.4 Å². The summed E-state index contributed by atoms with van der Waals surface area (Å²) in [5, 5.41) is 4.90. The number of ether oxygens (including phenoxy) is 3. The summed E-state index contributed by atoms with van der Waals surface area (Å²) in [5.41, 5.74) is 2.35. The van der Waals surface area contributed by atoms with Gasteiger partial charge in [-0.25, -0.2) is 0 Å². The van der Waals surface area contributed by atoms with Gasteiger partial charge in [-0.1, -0.05) is 30.0 Å². The Balaban J connectivity index is 1.81. The Morgan fingerprint density at radius 2 is 1.94 bits per heavy atom. The third kappa shape index (κ3) is 5.03. The molecule has 36 heavy (non-hydrogen) atoms. The third-order valence-corrected chi connectivity index (χ3v) is 7.35. The average Bonchev–Trinajstić information content (AvgIpc) is 3.05. The highest BCUT2D eigenvalue weighted by Gasteiger charge is 2.40. The molecule has 1 aliphatic rings. The molecule has 0 radical (unpaired) electrons. The maximum absolute atomic E-state index is 13.9. The number of methoxy groups -OCH3 is 2. The fraction of sp³-hybridized carbons (Fsp3) is 0.407. The van der Waals surface area contributed by atoms with E-state index in [1.165, 1.54) is 11.8 Å². The summed E-state index contributed by atoms with van der Waals surface area (Å²) in [4.78, 5) is 29.1. The third-order valence-electron chi connectivity index (χ3n) is 6.19. The van der Waals surface area contributed by atoms with Crippen LogP contribution in [0.25, 0.3) is 10.9 Å². The molecule has 1 aromatic heterocycles. The van der Waals surface area contributed by atoms with Crippen LogP contribution in [0.3, 0.4) is 0 Å². The fourth-order valence-corrected chi connectivity index (χ4v) is 5.58. The van der Waals surface area contributed by atoms with Gasteiger partial charge in [0, 0.05) is 42.7 Å². The molecule has 2 heterocycles. The van der Waals surface area contributed by atoms with Crippen molar-refractivity contribution in [1.29, 1.82) is 0 Å². The molecule has 1 atom stereocenters. The van der Waals surface area contributed by atoms with E-state index >= 15 is 0 Å². The summed E-state index contributed by atoms with van der Waals surface area (Å²) < 4.78 is 18.7. The van der Waals surface area contributed by atoms with Gasteiger partial charge in [-0.3, -0.25) is 14.5 Å². The topological polar surface area (TPSA) is 82.0 Å². The minimum atomic E-state index is -0.873. The van der Waals surface area contributed by atoms with Gasteiger partial charge in [0.05, 0.1) is 36.8 Å². The molecule has 8 nitrogen and oxygen atoms in total. The number of nitrogens with zero attached hydrogens (tertiary/aromatic N) is 2. The standard InChI is InChI=1S/C27H33N3O5S/c1-17(2)35-14-8-13-28-26(32)25-24-19-9-6-7-10-20(19)29(3)27(24)36-16-23(31)30(25)21-12-11-18(33-4)15-22(21)34-5/h6-7,9-12,15,17,25H,8,13-14,16H2,1-5H3,(H,28,32). The molecule has 4 rings (SSSR count). The molecule has 0 aliphatic carbocycles. The molecule has 1 N–H and O–H groups in total. The predicted octanol–water partition coefficient (Wildman–Crippen LogP) is 4.31. The number of hydrogen-bond donors (Lipinski definition) is 1. The van der Waals surface area contributed by atoms with Gasteiger partial charge in [0.15, 0.2) is 0 Å². The molecule has 0 saturated heterocycles. The molecular formula is C27H33N3O5S. The van der Waals surface area contributed by atoms with Crippen molar-refractivity contribution in [2.75, 3.05) is 38.0 Å². The van der Waals surface area contributed by atoms with Crippen molar-refractivity contribution in [3.05, 3.63) is 48.0 Å². The van der Waals surface area contributed by atoms with Crippen LogP contribution in [0.5, 0.6) is 11.5 Å². The lowest BCUT2D eigenvalue weighted by atomic mass is 10.0. The Kier molecular flexibility index (Phi) is 8.11.